The van der Waals surface area contributed by atoms with E-state index in [1.165, 1.54) is 41.5 Å². The Morgan fingerprint density at radius 1 is 1.19 bits per heavy atom. The van der Waals surface area contributed by atoms with Crippen molar-refractivity contribution in [3.05, 3.63) is 52.7 Å². The van der Waals surface area contributed by atoms with Crippen LogP contribution in [0.1, 0.15) is 41.5 Å². The highest BCUT2D eigenvalue weighted by Gasteiger charge is 2.21. The zero-order chi connectivity index (χ0) is 18.6. The van der Waals surface area contributed by atoms with Crippen LogP contribution in [-0.4, -0.2) is 36.4 Å². The van der Waals surface area contributed by atoms with Crippen LogP contribution in [0.15, 0.2) is 30.5 Å². The number of aromatic nitrogens is 1. The van der Waals surface area contributed by atoms with Gasteiger partial charge in [-0.15, -0.1) is 0 Å². The Labute approximate surface area is 161 Å². The van der Waals surface area contributed by atoms with Gasteiger partial charge in [0.1, 0.15) is 11.6 Å². The molecule has 0 bridgehead atoms. The van der Waals surface area contributed by atoms with E-state index in [-0.39, 0.29) is 6.10 Å². The maximum absolute atomic E-state index is 9.99. The summed E-state index contributed by atoms with van der Waals surface area (Å²) in [7, 11) is 1.75. The summed E-state index contributed by atoms with van der Waals surface area (Å²) < 4.78 is 5.62. The van der Waals surface area contributed by atoms with E-state index in [2.05, 4.69) is 33.4 Å². The van der Waals surface area contributed by atoms with E-state index in [1.807, 2.05) is 12.3 Å². The van der Waals surface area contributed by atoms with Crippen molar-refractivity contribution in [2.24, 2.45) is 0 Å². The molecule has 1 aromatic heterocycles. The Morgan fingerprint density at radius 3 is 2.81 bits per heavy atom. The number of aliphatic hydroxyl groups is 1. The molecule has 2 N–H and O–H groups in total. The number of methoxy groups -OCH3 is 1. The van der Waals surface area contributed by atoms with E-state index in [4.69, 9.17) is 4.74 Å². The van der Waals surface area contributed by atoms with E-state index in [9.17, 15) is 5.11 Å². The molecule has 2 aliphatic rings. The molecule has 2 heterocycles. The molecule has 1 aliphatic carbocycles. The first-order valence-electron chi connectivity index (χ1n) is 10.0. The molecule has 0 spiro atoms. The Hall–Kier alpha value is -2.11. The minimum atomic E-state index is -0.253. The molecule has 1 aliphatic heterocycles. The molecule has 0 unspecified atom stereocenters. The van der Waals surface area contributed by atoms with Crippen molar-refractivity contribution >= 4 is 5.82 Å². The Kier molecular flexibility index (Phi) is 5.60. The number of aryl methyl sites for hydroxylation is 2. The van der Waals surface area contributed by atoms with E-state index in [1.54, 1.807) is 7.11 Å². The van der Waals surface area contributed by atoms with Gasteiger partial charge in [0.25, 0.3) is 0 Å². The SMILES string of the molecule is COc1cc2c(cc1CNCc1cccnc1N1CCC[C@H](O)C1)CCC2. The second-order valence-corrected chi connectivity index (χ2v) is 7.62. The minimum absolute atomic E-state index is 0.253. The molecule has 1 saturated heterocycles. The summed E-state index contributed by atoms with van der Waals surface area (Å²) in [6.07, 6.45) is 7.07. The van der Waals surface area contributed by atoms with Crippen molar-refractivity contribution < 1.29 is 9.84 Å². The highest BCUT2D eigenvalue weighted by molar-refractivity contribution is 5.48. The first kappa shape index (κ1) is 18.3. The molecule has 2 aromatic rings. The lowest BCUT2D eigenvalue weighted by atomic mass is 10.0. The third-order valence-corrected chi connectivity index (χ3v) is 5.69. The summed E-state index contributed by atoms with van der Waals surface area (Å²) in [6.45, 7) is 3.14. The molecular formula is C22H29N3O2. The predicted molar refractivity (Wildman–Crippen MR) is 107 cm³/mol. The van der Waals surface area contributed by atoms with Crippen molar-refractivity contribution in [3.63, 3.8) is 0 Å². The fraction of sp³-hybridized carbons (Fsp3) is 0.500. The molecule has 1 aromatic carbocycles. The number of nitrogens with zero attached hydrogens (tertiary/aromatic N) is 2. The summed E-state index contributed by atoms with van der Waals surface area (Å²) in [5, 5.41) is 13.6. The van der Waals surface area contributed by atoms with Crippen molar-refractivity contribution in [3.8, 4) is 5.75 Å². The third kappa shape index (κ3) is 4.09. The maximum Gasteiger partial charge on any atom is 0.133 e. The maximum atomic E-state index is 9.99. The van der Waals surface area contributed by atoms with Crippen LogP contribution < -0.4 is 15.0 Å². The van der Waals surface area contributed by atoms with Gasteiger partial charge in [0.2, 0.25) is 0 Å². The lowest BCUT2D eigenvalue weighted by molar-refractivity contribution is 0.154. The summed E-state index contributed by atoms with van der Waals surface area (Å²) in [5.74, 6) is 1.97. The summed E-state index contributed by atoms with van der Waals surface area (Å²) >= 11 is 0. The van der Waals surface area contributed by atoms with Gasteiger partial charge in [0, 0.05) is 43.5 Å². The molecule has 27 heavy (non-hydrogen) atoms. The van der Waals surface area contributed by atoms with Crippen molar-refractivity contribution in [1.82, 2.24) is 10.3 Å². The van der Waals surface area contributed by atoms with Crippen LogP contribution in [0.2, 0.25) is 0 Å². The molecule has 5 heteroatoms. The molecule has 0 amide bonds. The van der Waals surface area contributed by atoms with Gasteiger partial charge in [-0.25, -0.2) is 4.98 Å². The van der Waals surface area contributed by atoms with Crippen molar-refractivity contribution in [2.45, 2.75) is 51.3 Å². The number of nitrogens with one attached hydrogen (secondary N) is 1. The van der Waals surface area contributed by atoms with E-state index in [0.29, 0.717) is 6.54 Å². The van der Waals surface area contributed by atoms with Crippen molar-refractivity contribution in [1.29, 1.82) is 0 Å². The number of piperidine rings is 1. The fourth-order valence-electron chi connectivity index (χ4n) is 4.31. The lowest BCUT2D eigenvalue weighted by Crippen LogP contribution is -2.39. The first-order chi connectivity index (χ1) is 13.2. The number of ether oxygens (including phenoxy) is 1. The number of anilines is 1. The highest BCUT2D eigenvalue weighted by atomic mass is 16.5. The second kappa shape index (κ2) is 8.28. The monoisotopic (exact) mass is 367 g/mol. The summed E-state index contributed by atoms with van der Waals surface area (Å²) in [4.78, 5) is 6.80. The van der Waals surface area contributed by atoms with E-state index >= 15 is 0 Å². The minimum Gasteiger partial charge on any atom is -0.496 e. The van der Waals surface area contributed by atoms with Crippen molar-refractivity contribution in [2.75, 3.05) is 25.1 Å². The van der Waals surface area contributed by atoms with Crippen LogP contribution in [0.4, 0.5) is 5.82 Å². The molecule has 144 valence electrons. The number of aliphatic hydroxyl groups excluding tert-OH is 1. The first-order valence-corrected chi connectivity index (χ1v) is 10.0. The van der Waals surface area contributed by atoms with Gasteiger partial charge in [-0.05, 0) is 55.4 Å². The molecule has 5 nitrogen and oxygen atoms in total. The zero-order valence-electron chi connectivity index (χ0n) is 16.1. The standard InChI is InChI=1S/C22H29N3O2/c1-27-21-12-17-6-2-5-16(17)11-19(21)14-23-13-18-7-3-9-24-22(18)25-10-4-8-20(26)15-25/h3,7,9,11-12,20,23,26H,2,4-6,8,10,13-15H2,1H3/t20-/m0/s1. The average Bonchev–Trinajstić information content (AvgIpc) is 3.15. The number of rotatable bonds is 6. The van der Waals surface area contributed by atoms with Crippen LogP contribution >= 0.6 is 0 Å². The van der Waals surface area contributed by atoms with Gasteiger partial charge in [-0.2, -0.15) is 0 Å². The Bertz CT molecular complexity index is 793. The molecule has 0 saturated carbocycles. The highest BCUT2D eigenvalue weighted by Crippen LogP contribution is 2.30. The number of fused-ring (bicyclic) bond motifs is 1. The third-order valence-electron chi connectivity index (χ3n) is 5.69. The average molecular weight is 367 g/mol. The van der Waals surface area contributed by atoms with E-state index < -0.39 is 0 Å². The van der Waals surface area contributed by atoms with Gasteiger partial charge in [-0.1, -0.05) is 12.1 Å². The van der Waals surface area contributed by atoms with Crippen LogP contribution in [-0.2, 0) is 25.9 Å². The number of hydrogen-bond acceptors (Lipinski definition) is 5. The Balaban J connectivity index is 1.44. The summed E-state index contributed by atoms with van der Waals surface area (Å²) in [6, 6.07) is 8.62. The number of benzene rings is 1. The van der Waals surface area contributed by atoms with Gasteiger partial charge in [0.05, 0.1) is 13.2 Å². The zero-order valence-corrected chi connectivity index (χ0v) is 16.1. The van der Waals surface area contributed by atoms with Gasteiger partial charge in [-0.3, -0.25) is 0 Å². The summed E-state index contributed by atoms with van der Waals surface area (Å²) in [5.41, 5.74) is 5.30. The normalized spacial score (nSPS) is 19.2. The smallest absolute Gasteiger partial charge is 0.133 e. The largest absolute Gasteiger partial charge is 0.496 e. The molecule has 1 atom stereocenters. The topological polar surface area (TPSA) is 57.6 Å². The lowest BCUT2D eigenvalue weighted by Gasteiger charge is -2.32. The molecule has 0 radical (unpaired) electrons. The van der Waals surface area contributed by atoms with Crippen LogP contribution in [0, 0.1) is 0 Å². The van der Waals surface area contributed by atoms with Crippen LogP contribution in [0.3, 0.4) is 0 Å². The quantitative estimate of drug-likeness (QED) is 0.822. The number of β-amino-alcohol motifs (C(OH)–C–C–N with tert-alkyl or cyclic N) is 1. The predicted octanol–water partition coefficient (Wildman–Crippen LogP) is 2.83. The van der Waals surface area contributed by atoms with Gasteiger partial charge >= 0.3 is 0 Å². The van der Waals surface area contributed by atoms with Crippen LogP contribution in [0.5, 0.6) is 5.75 Å². The second-order valence-electron chi connectivity index (χ2n) is 7.62. The molecular weight excluding hydrogens is 338 g/mol. The molecule has 1 fully saturated rings. The fourth-order valence-corrected chi connectivity index (χ4v) is 4.31. The van der Waals surface area contributed by atoms with Gasteiger partial charge in [0.15, 0.2) is 0 Å². The van der Waals surface area contributed by atoms with E-state index in [0.717, 1.165) is 44.0 Å². The molecule has 4 rings (SSSR count). The number of hydrogen-bond donors (Lipinski definition) is 2. The van der Waals surface area contributed by atoms with Gasteiger partial charge < -0.3 is 20.1 Å². The van der Waals surface area contributed by atoms with Crippen LogP contribution in [0.25, 0.3) is 0 Å². The number of pyridine rings is 1. The Morgan fingerprint density at radius 2 is 2.00 bits per heavy atom.